The van der Waals surface area contributed by atoms with E-state index in [2.05, 4.69) is 15.0 Å². The zero-order chi connectivity index (χ0) is 21.0. The summed E-state index contributed by atoms with van der Waals surface area (Å²) in [5, 5.41) is 2.82. The van der Waals surface area contributed by atoms with Crippen molar-refractivity contribution in [3.05, 3.63) is 84.2 Å². The van der Waals surface area contributed by atoms with Gasteiger partial charge in [0.05, 0.1) is 6.04 Å². The van der Waals surface area contributed by atoms with Crippen LogP contribution in [0.1, 0.15) is 24.4 Å². The van der Waals surface area contributed by atoms with Crippen molar-refractivity contribution >= 4 is 15.9 Å². The van der Waals surface area contributed by atoms with E-state index in [9.17, 15) is 17.6 Å². The van der Waals surface area contributed by atoms with Crippen molar-refractivity contribution in [1.29, 1.82) is 0 Å². The number of benzene rings is 2. The lowest BCUT2D eigenvalue weighted by molar-refractivity contribution is -0.122. The van der Waals surface area contributed by atoms with E-state index in [-0.39, 0.29) is 0 Å². The Balaban J connectivity index is 1.81. The summed E-state index contributed by atoms with van der Waals surface area (Å²) in [6, 6.07) is 12.5. The molecule has 0 bridgehead atoms. The Kier molecular flexibility index (Phi) is 6.09. The fourth-order valence-electron chi connectivity index (χ4n) is 2.88. The van der Waals surface area contributed by atoms with Crippen LogP contribution >= 0.6 is 0 Å². The van der Waals surface area contributed by atoms with E-state index in [1.165, 1.54) is 19.1 Å². The number of halogens is 1. The molecule has 0 saturated heterocycles. The van der Waals surface area contributed by atoms with Gasteiger partial charge in [-0.3, -0.25) is 4.79 Å². The highest BCUT2D eigenvalue weighted by Gasteiger charge is 2.27. The first-order valence-corrected chi connectivity index (χ1v) is 10.4. The minimum atomic E-state index is -4.20. The highest BCUT2D eigenvalue weighted by atomic mass is 32.2. The highest BCUT2D eigenvalue weighted by Crippen LogP contribution is 2.20. The third kappa shape index (κ3) is 4.69. The van der Waals surface area contributed by atoms with E-state index in [0.29, 0.717) is 5.82 Å². The first-order valence-electron chi connectivity index (χ1n) is 8.89. The number of sulfonamides is 1. The third-order valence-corrected chi connectivity index (χ3v) is 5.96. The maximum absolute atomic E-state index is 13.9. The smallest absolute Gasteiger partial charge is 0.244 e. The van der Waals surface area contributed by atoms with Gasteiger partial charge in [0, 0.05) is 19.4 Å². The third-order valence-electron chi connectivity index (χ3n) is 4.39. The van der Waals surface area contributed by atoms with Crippen LogP contribution in [0.3, 0.4) is 0 Å². The Labute approximate surface area is 168 Å². The largest absolute Gasteiger partial charge is 0.341 e. The predicted octanol–water partition coefficient (Wildman–Crippen LogP) is 2.13. The zero-order valence-corrected chi connectivity index (χ0v) is 16.7. The molecule has 0 aliphatic rings. The Morgan fingerprint density at radius 3 is 2.38 bits per heavy atom. The molecule has 1 heterocycles. The fraction of sp³-hybridized carbons (Fsp3) is 0.200. The summed E-state index contributed by atoms with van der Waals surface area (Å²) < 4.78 is 42.8. The molecule has 152 valence electrons. The molecule has 3 aromatic rings. The monoisotopic (exact) mass is 416 g/mol. The molecule has 3 rings (SSSR count). The second-order valence-corrected chi connectivity index (χ2v) is 8.20. The number of rotatable bonds is 7. The van der Waals surface area contributed by atoms with E-state index < -0.39 is 38.7 Å². The SMILES string of the molecule is C[C@@H](NS(=O)(=O)c1ccccc1F)C(=O)N[C@H](c1ccccc1)c1nccn1C. The van der Waals surface area contributed by atoms with E-state index in [1.54, 1.807) is 24.0 Å². The molecule has 0 aliphatic heterocycles. The van der Waals surface area contributed by atoms with Gasteiger partial charge in [-0.05, 0) is 24.6 Å². The molecule has 1 aromatic heterocycles. The number of carbonyl (C=O) groups is 1. The first-order chi connectivity index (χ1) is 13.8. The molecular weight excluding hydrogens is 395 g/mol. The van der Waals surface area contributed by atoms with Gasteiger partial charge in [-0.25, -0.2) is 17.8 Å². The first kappa shape index (κ1) is 20.7. The summed E-state index contributed by atoms with van der Waals surface area (Å²) in [5.74, 6) is -0.863. The predicted molar refractivity (Wildman–Crippen MR) is 106 cm³/mol. The molecule has 2 atom stereocenters. The number of nitrogens with zero attached hydrogens (tertiary/aromatic N) is 2. The zero-order valence-electron chi connectivity index (χ0n) is 15.9. The van der Waals surface area contributed by atoms with Gasteiger partial charge in [0.25, 0.3) is 0 Å². The molecule has 2 N–H and O–H groups in total. The Morgan fingerprint density at radius 1 is 1.10 bits per heavy atom. The van der Waals surface area contributed by atoms with Crippen LogP contribution in [0.25, 0.3) is 0 Å². The molecule has 0 aliphatic carbocycles. The number of carbonyl (C=O) groups excluding carboxylic acids is 1. The number of aryl methyl sites for hydroxylation is 1. The second kappa shape index (κ2) is 8.54. The van der Waals surface area contributed by atoms with Gasteiger partial charge in [-0.15, -0.1) is 0 Å². The van der Waals surface area contributed by atoms with E-state index in [0.717, 1.165) is 17.7 Å². The molecule has 7 nitrogen and oxygen atoms in total. The highest BCUT2D eigenvalue weighted by molar-refractivity contribution is 7.89. The summed E-state index contributed by atoms with van der Waals surface area (Å²) in [6.45, 7) is 1.40. The Morgan fingerprint density at radius 2 is 1.76 bits per heavy atom. The molecule has 0 fully saturated rings. The average molecular weight is 416 g/mol. The van der Waals surface area contributed by atoms with Crippen molar-refractivity contribution < 1.29 is 17.6 Å². The maximum atomic E-state index is 13.9. The minimum Gasteiger partial charge on any atom is -0.341 e. The quantitative estimate of drug-likeness (QED) is 0.617. The molecule has 0 unspecified atom stereocenters. The average Bonchev–Trinajstić information content (AvgIpc) is 3.12. The Bertz CT molecular complexity index is 1100. The van der Waals surface area contributed by atoms with Crippen LogP contribution in [0.15, 0.2) is 71.9 Å². The van der Waals surface area contributed by atoms with Crippen molar-refractivity contribution in [2.45, 2.75) is 23.9 Å². The van der Waals surface area contributed by atoms with Crippen LogP contribution in [-0.2, 0) is 21.9 Å². The fourth-order valence-corrected chi connectivity index (χ4v) is 4.16. The number of nitrogens with one attached hydrogen (secondary N) is 2. The summed E-state index contributed by atoms with van der Waals surface area (Å²) in [7, 11) is -2.40. The summed E-state index contributed by atoms with van der Waals surface area (Å²) in [5.41, 5.74) is 0.791. The number of hydrogen-bond acceptors (Lipinski definition) is 4. The van der Waals surface area contributed by atoms with Crippen LogP contribution in [-0.4, -0.2) is 29.9 Å². The number of aromatic nitrogens is 2. The van der Waals surface area contributed by atoms with Crippen LogP contribution in [0, 0.1) is 5.82 Å². The molecule has 1 amide bonds. The molecule has 0 saturated carbocycles. The number of hydrogen-bond donors (Lipinski definition) is 2. The van der Waals surface area contributed by atoms with E-state index in [1.807, 2.05) is 30.3 Å². The van der Waals surface area contributed by atoms with Crippen molar-refractivity contribution in [2.24, 2.45) is 7.05 Å². The summed E-state index contributed by atoms with van der Waals surface area (Å²) >= 11 is 0. The standard InChI is InChI=1S/C20H21FN4O3S/c1-14(24-29(27,28)17-11-7-6-10-16(17)21)20(26)23-18(15-8-4-3-5-9-15)19-22-12-13-25(19)2/h3-14,18,24H,1-2H3,(H,23,26)/t14-,18-/m1/s1. The van der Waals surface area contributed by atoms with Crippen LogP contribution in [0.5, 0.6) is 0 Å². The molecule has 0 spiro atoms. The van der Waals surface area contributed by atoms with Gasteiger partial charge in [-0.1, -0.05) is 42.5 Å². The van der Waals surface area contributed by atoms with E-state index >= 15 is 0 Å². The summed E-state index contributed by atoms with van der Waals surface area (Å²) in [4.78, 5) is 16.5. The molecule has 2 aromatic carbocycles. The summed E-state index contributed by atoms with van der Waals surface area (Å²) in [6.07, 6.45) is 3.36. The molecular formula is C20H21FN4O3S. The van der Waals surface area contributed by atoms with Crippen LogP contribution < -0.4 is 10.0 Å². The van der Waals surface area contributed by atoms with Crippen molar-refractivity contribution in [1.82, 2.24) is 19.6 Å². The van der Waals surface area contributed by atoms with Gasteiger partial charge in [0.1, 0.15) is 22.6 Å². The van der Waals surface area contributed by atoms with Crippen molar-refractivity contribution in [3.8, 4) is 0 Å². The lowest BCUT2D eigenvalue weighted by atomic mass is 10.1. The maximum Gasteiger partial charge on any atom is 0.244 e. The molecule has 29 heavy (non-hydrogen) atoms. The van der Waals surface area contributed by atoms with Gasteiger partial charge < -0.3 is 9.88 Å². The van der Waals surface area contributed by atoms with Crippen molar-refractivity contribution in [2.75, 3.05) is 0 Å². The van der Waals surface area contributed by atoms with Crippen LogP contribution in [0.2, 0.25) is 0 Å². The van der Waals surface area contributed by atoms with Crippen LogP contribution in [0.4, 0.5) is 4.39 Å². The van der Waals surface area contributed by atoms with Crippen molar-refractivity contribution in [3.63, 3.8) is 0 Å². The topological polar surface area (TPSA) is 93.1 Å². The van der Waals surface area contributed by atoms with Gasteiger partial charge in [-0.2, -0.15) is 4.72 Å². The number of amides is 1. The van der Waals surface area contributed by atoms with Gasteiger partial charge in [0.2, 0.25) is 15.9 Å². The Hall–Kier alpha value is -3.04. The lowest BCUT2D eigenvalue weighted by Crippen LogP contribution is -2.46. The normalized spacial score (nSPS) is 13.6. The van der Waals surface area contributed by atoms with Gasteiger partial charge >= 0.3 is 0 Å². The molecule has 9 heteroatoms. The number of imidazole rings is 1. The van der Waals surface area contributed by atoms with Gasteiger partial charge in [0.15, 0.2) is 0 Å². The minimum absolute atomic E-state index is 0.511. The van der Waals surface area contributed by atoms with E-state index in [4.69, 9.17) is 0 Å². The second-order valence-electron chi connectivity index (χ2n) is 6.52. The molecule has 0 radical (unpaired) electrons. The lowest BCUT2D eigenvalue weighted by Gasteiger charge is -2.22.